The SMILES string of the molecule is CC(N)CCC(=O)NCC(c1ccccc1)N1CCCC1. The highest BCUT2D eigenvalue weighted by Crippen LogP contribution is 2.24. The van der Waals surface area contributed by atoms with Crippen molar-refractivity contribution in [2.75, 3.05) is 19.6 Å². The van der Waals surface area contributed by atoms with Gasteiger partial charge < -0.3 is 11.1 Å². The summed E-state index contributed by atoms with van der Waals surface area (Å²) in [6, 6.07) is 10.8. The molecule has 1 heterocycles. The van der Waals surface area contributed by atoms with Crippen LogP contribution in [0.5, 0.6) is 0 Å². The monoisotopic (exact) mass is 289 g/mol. The third-order valence-corrected chi connectivity index (χ3v) is 4.09. The number of rotatable bonds is 7. The van der Waals surface area contributed by atoms with Gasteiger partial charge in [0.1, 0.15) is 0 Å². The zero-order valence-corrected chi connectivity index (χ0v) is 12.9. The number of nitrogens with two attached hydrogens (primary N) is 1. The molecule has 4 nitrogen and oxygen atoms in total. The number of hydrogen-bond donors (Lipinski definition) is 2. The molecule has 1 aromatic carbocycles. The molecule has 4 heteroatoms. The topological polar surface area (TPSA) is 58.4 Å². The maximum atomic E-state index is 11.9. The maximum absolute atomic E-state index is 11.9. The first-order valence-corrected chi connectivity index (χ1v) is 7.98. The molecule has 2 rings (SSSR count). The number of carbonyl (C=O) groups is 1. The van der Waals surface area contributed by atoms with Crippen LogP contribution in [0.25, 0.3) is 0 Å². The molecular formula is C17H27N3O. The largest absolute Gasteiger partial charge is 0.354 e. The highest BCUT2D eigenvalue weighted by Gasteiger charge is 2.23. The molecule has 2 atom stereocenters. The van der Waals surface area contributed by atoms with Crippen molar-refractivity contribution in [2.24, 2.45) is 5.73 Å². The van der Waals surface area contributed by atoms with E-state index in [0.717, 1.165) is 19.5 Å². The van der Waals surface area contributed by atoms with Crippen molar-refractivity contribution >= 4 is 5.91 Å². The number of hydrogen-bond acceptors (Lipinski definition) is 3. The molecule has 0 spiro atoms. The van der Waals surface area contributed by atoms with Gasteiger partial charge in [0.25, 0.3) is 0 Å². The van der Waals surface area contributed by atoms with Gasteiger partial charge in [-0.15, -0.1) is 0 Å². The second-order valence-electron chi connectivity index (χ2n) is 5.99. The molecule has 1 aromatic rings. The Morgan fingerprint density at radius 2 is 1.95 bits per heavy atom. The fraction of sp³-hybridized carbons (Fsp3) is 0.588. The molecule has 1 aliphatic heterocycles. The van der Waals surface area contributed by atoms with Gasteiger partial charge in [-0.05, 0) is 44.8 Å². The predicted molar refractivity (Wildman–Crippen MR) is 85.9 cm³/mol. The maximum Gasteiger partial charge on any atom is 0.220 e. The standard InChI is InChI=1S/C17H27N3O/c1-14(18)9-10-17(21)19-13-16(20-11-5-6-12-20)15-7-3-2-4-8-15/h2-4,7-8,14,16H,5-6,9-13,18H2,1H3,(H,19,21). The Morgan fingerprint density at radius 1 is 1.29 bits per heavy atom. The van der Waals surface area contributed by atoms with Crippen LogP contribution in [0.2, 0.25) is 0 Å². The van der Waals surface area contributed by atoms with E-state index in [1.54, 1.807) is 0 Å². The number of amides is 1. The summed E-state index contributed by atoms with van der Waals surface area (Å²) in [5.41, 5.74) is 6.98. The first-order chi connectivity index (χ1) is 10.2. The Morgan fingerprint density at radius 3 is 2.57 bits per heavy atom. The second-order valence-corrected chi connectivity index (χ2v) is 5.99. The molecule has 3 N–H and O–H groups in total. The Kier molecular flexibility index (Phi) is 6.21. The summed E-state index contributed by atoms with van der Waals surface area (Å²) in [5.74, 6) is 0.104. The van der Waals surface area contributed by atoms with Crippen LogP contribution in [0, 0.1) is 0 Å². The van der Waals surface area contributed by atoms with Gasteiger partial charge in [0.15, 0.2) is 0 Å². The summed E-state index contributed by atoms with van der Waals surface area (Å²) in [6.07, 6.45) is 3.76. The first kappa shape index (κ1) is 16.0. The van der Waals surface area contributed by atoms with E-state index in [2.05, 4.69) is 34.5 Å². The first-order valence-electron chi connectivity index (χ1n) is 7.98. The van der Waals surface area contributed by atoms with Crippen LogP contribution in [-0.4, -0.2) is 36.5 Å². The van der Waals surface area contributed by atoms with Crippen LogP contribution in [0.15, 0.2) is 30.3 Å². The molecule has 1 saturated heterocycles. The summed E-state index contributed by atoms with van der Waals surface area (Å²) in [6.45, 7) is 4.86. The van der Waals surface area contributed by atoms with Crippen LogP contribution < -0.4 is 11.1 Å². The quantitative estimate of drug-likeness (QED) is 0.808. The van der Waals surface area contributed by atoms with Crippen molar-refractivity contribution in [2.45, 2.75) is 44.7 Å². The van der Waals surface area contributed by atoms with E-state index in [0.29, 0.717) is 13.0 Å². The summed E-state index contributed by atoms with van der Waals surface area (Å²) < 4.78 is 0. The molecule has 1 fully saturated rings. The minimum atomic E-state index is 0.0826. The molecular weight excluding hydrogens is 262 g/mol. The minimum absolute atomic E-state index is 0.0826. The van der Waals surface area contributed by atoms with Gasteiger partial charge in [-0.2, -0.15) is 0 Å². The average molecular weight is 289 g/mol. The molecule has 1 amide bonds. The van der Waals surface area contributed by atoms with E-state index < -0.39 is 0 Å². The van der Waals surface area contributed by atoms with Crippen molar-refractivity contribution in [1.82, 2.24) is 10.2 Å². The van der Waals surface area contributed by atoms with E-state index in [1.165, 1.54) is 18.4 Å². The Balaban J connectivity index is 1.92. The van der Waals surface area contributed by atoms with Gasteiger partial charge >= 0.3 is 0 Å². The van der Waals surface area contributed by atoms with Gasteiger partial charge in [-0.3, -0.25) is 9.69 Å². The van der Waals surface area contributed by atoms with Gasteiger partial charge in [0, 0.05) is 19.0 Å². The molecule has 0 saturated carbocycles. The van der Waals surface area contributed by atoms with Crippen LogP contribution in [0.4, 0.5) is 0 Å². The van der Waals surface area contributed by atoms with E-state index >= 15 is 0 Å². The molecule has 0 aromatic heterocycles. The van der Waals surface area contributed by atoms with Gasteiger partial charge in [-0.1, -0.05) is 30.3 Å². The van der Waals surface area contributed by atoms with Crippen molar-refractivity contribution in [3.63, 3.8) is 0 Å². The van der Waals surface area contributed by atoms with E-state index in [-0.39, 0.29) is 18.0 Å². The lowest BCUT2D eigenvalue weighted by atomic mass is 10.1. The number of nitrogens with one attached hydrogen (secondary N) is 1. The summed E-state index contributed by atoms with van der Waals surface area (Å²) in [5, 5.41) is 3.08. The second kappa shape index (κ2) is 8.15. The number of carbonyl (C=O) groups excluding carboxylic acids is 1. The molecule has 116 valence electrons. The van der Waals surface area contributed by atoms with E-state index in [1.807, 2.05) is 13.0 Å². The molecule has 0 aliphatic carbocycles. The van der Waals surface area contributed by atoms with Crippen LogP contribution >= 0.6 is 0 Å². The highest BCUT2D eigenvalue weighted by molar-refractivity contribution is 5.75. The number of likely N-dealkylation sites (tertiary alicyclic amines) is 1. The molecule has 0 radical (unpaired) electrons. The molecule has 2 unspecified atom stereocenters. The van der Waals surface area contributed by atoms with Gasteiger partial charge in [0.05, 0.1) is 6.04 Å². The van der Waals surface area contributed by atoms with Gasteiger partial charge in [-0.25, -0.2) is 0 Å². The zero-order chi connectivity index (χ0) is 15.1. The summed E-state index contributed by atoms with van der Waals surface area (Å²) in [4.78, 5) is 14.4. The third-order valence-electron chi connectivity index (χ3n) is 4.09. The number of nitrogens with zero attached hydrogens (tertiary/aromatic N) is 1. The smallest absolute Gasteiger partial charge is 0.220 e. The third kappa shape index (κ3) is 5.14. The van der Waals surface area contributed by atoms with Crippen LogP contribution in [-0.2, 0) is 4.79 Å². The number of benzene rings is 1. The average Bonchev–Trinajstić information content (AvgIpc) is 3.00. The predicted octanol–water partition coefficient (Wildman–Crippen LogP) is 2.07. The fourth-order valence-corrected chi connectivity index (χ4v) is 2.84. The Hall–Kier alpha value is -1.39. The van der Waals surface area contributed by atoms with Crippen molar-refractivity contribution in [3.8, 4) is 0 Å². The van der Waals surface area contributed by atoms with E-state index in [4.69, 9.17) is 5.73 Å². The highest BCUT2D eigenvalue weighted by atomic mass is 16.1. The van der Waals surface area contributed by atoms with E-state index in [9.17, 15) is 4.79 Å². The summed E-state index contributed by atoms with van der Waals surface area (Å²) in [7, 11) is 0. The Labute approximate surface area is 127 Å². The fourth-order valence-electron chi connectivity index (χ4n) is 2.84. The van der Waals surface area contributed by atoms with Crippen molar-refractivity contribution < 1.29 is 4.79 Å². The lowest BCUT2D eigenvalue weighted by molar-refractivity contribution is -0.121. The minimum Gasteiger partial charge on any atom is -0.354 e. The molecule has 0 bridgehead atoms. The lowest BCUT2D eigenvalue weighted by Crippen LogP contribution is -2.37. The lowest BCUT2D eigenvalue weighted by Gasteiger charge is -2.28. The Bertz CT molecular complexity index is 427. The zero-order valence-electron chi connectivity index (χ0n) is 12.9. The molecule has 21 heavy (non-hydrogen) atoms. The van der Waals surface area contributed by atoms with Crippen LogP contribution in [0.1, 0.15) is 44.2 Å². The van der Waals surface area contributed by atoms with Gasteiger partial charge in [0.2, 0.25) is 5.91 Å². The normalized spacial score (nSPS) is 18.4. The van der Waals surface area contributed by atoms with Crippen molar-refractivity contribution in [3.05, 3.63) is 35.9 Å². The summed E-state index contributed by atoms with van der Waals surface area (Å²) >= 11 is 0. The van der Waals surface area contributed by atoms with Crippen molar-refractivity contribution in [1.29, 1.82) is 0 Å². The molecule has 1 aliphatic rings. The van der Waals surface area contributed by atoms with Crippen LogP contribution in [0.3, 0.4) is 0 Å².